The molecule has 0 saturated heterocycles. The van der Waals surface area contributed by atoms with E-state index in [4.69, 9.17) is 5.73 Å². The zero-order valence-electron chi connectivity index (χ0n) is 11.7. The first-order valence-electron chi connectivity index (χ1n) is 6.11. The number of aryl methyl sites for hydroxylation is 2. The first-order chi connectivity index (χ1) is 9.36. The van der Waals surface area contributed by atoms with Crippen LogP contribution >= 0.6 is 11.3 Å². The Kier molecular flexibility index (Phi) is 4.28. The Balaban J connectivity index is 2.24. The maximum absolute atomic E-state index is 12.4. The molecular formula is C12H18N4O2S2. The van der Waals surface area contributed by atoms with Crippen molar-refractivity contribution in [3.8, 4) is 0 Å². The van der Waals surface area contributed by atoms with Crippen molar-refractivity contribution < 1.29 is 8.42 Å². The molecule has 0 amide bonds. The van der Waals surface area contributed by atoms with Crippen molar-refractivity contribution in [1.29, 1.82) is 0 Å². The molecule has 2 aromatic rings. The van der Waals surface area contributed by atoms with Crippen LogP contribution in [0, 0.1) is 13.8 Å². The Bertz CT molecular complexity index is 716. The largest absolute Gasteiger partial charge is 0.326 e. The van der Waals surface area contributed by atoms with Gasteiger partial charge in [0.15, 0.2) is 0 Å². The van der Waals surface area contributed by atoms with Gasteiger partial charge in [-0.1, -0.05) is 0 Å². The molecule has 0 saturated carbocycles. The second-order valence-electron chi connectivity index (χ2n) is 4.58. The Labute approximate surface area is 122 Å². The van der Waals surface area contributed by atoms with Crippen molar-refractivity contribution in [2.45, 2.75) is 31.8 Å². The highest BCUT2D eigenvalue weighted by Crippen LogP contribution is 2.26. The minimum Gasteiger partial charge on any atom is -0.326 e. The number of nitrogens with zero attached hydrogens (tertiary/aromatic N) is 2. The molecule has 0 atom stereocenters. The minimum atomic E-state index is -3.55. The molecule has 0 aliphatic rings. The van der Waals surface area contributed by atoms with Crippen molar-refractivity contribution in [3.05, 3.63) is 33.3 Å². The third-order valence-electron chi connectivity index (χ3n) is 3.23. The van der Waals surface area contributed by atoms with Gasteiger partial charge in [0, 0.05) is 36.3 Å². The van der Waals surface area contributed by atoms with Gasteiger partial charge < -0.3 is 5.73 Å². The lowest BCUT2D eigenvalue weighted by Crippen LogP contribution is -2.25. The third-order valence-corrected chi connectivity index (χ3v) is 6.12. The average Bonchev–Trinajstić information content (AvgIpc) is 2.93. The third kappa shape index (κ3) is 2.78. The lowest BCUT2D eigenvalue weighted by atomic mass is 10.3. The molecular weight excluding hydrogens is 296 g/mol. The molecule has 0 unspecified atom stereocenters. The van der Waals surface area contributed by atoms with Gasteiger partial charge in [0.2, 0.25) is 10.0 Å². The van der Waals surface area contributed by atoms with E-state index in [-0.39, 0.29) is 13.1 Å². The molecule has 20 heavy (non-hydrogen) atoms. The number of aromatic nitrogens is 2. The zero-order valence-corrected chi connectivity index (χ0v) is 13.3. The van der Waals surface area contributed by atoms with Crippen LogP contribution in [0.3, 0.4) is 0 Å². The number of thiophene rings is 1. The van der Waals surface area contributed by atoms with Crippen LogP contribution < -0.4 is 10.5 Å². The summed E-state index contributed by atoms with van der Waals surface area (Å²) in [7, 11) is -1.73. The highest BCUT2D eigenvalue weighted by atomic mass is 32.2. The molecule has 0 bridgehead atoms. The SMILES string of the molecule is Cc1csc(CN)c1S(=O)(=O)NCc1cnn(C)c1C. The van der Waals surface area contributed by atoms with E-state index in [1.54, 1.807) is 17.8 Å². The number of rotatable bonds is 5. The maximum atomic E-state index is 12.4. The molecule has 0 aliphatic carbocycles. The fourth-order valence-corrected chi connectivity index (χ4v) is 4.66. The van der Waals surface area contributed by atoms with Crippen LogP contribution in [0.2, 0.25) is 0 Å². The van der Waals surface area contributed by atoms with E-state index in [0.29, 0.717) is 9.77 Å². The molecule has 110 valence electrons. The number of nitrogens with one attached hydrogen (secondary N) is 1. The van der Waals surface area contributed by atoms with Gasteiger partial charge in [0.25, 0.3) is 0 Å². The summed E-state index contributed by atoms with van der Waals surface area (Å²) in [6, 6.07) is 0. The fraction of sp³-hybridized carbons (Fsp3) is 0.417. The standard InChI is InChI=1S/C12H18N4O2S2/c1-8-7-19-11(4-13)12(8)20(17,18)15-6-10-5-14-16(3)9(10)2/h5,7,15H,4,6,13H2,1-3H3. The van der Waals surface area contributed by atoms with Crippen LogP contribution in [-0.4, -0.2) is 18.2 Å². The summed E-state index contributed by atoms with van der Waals surface area (Å²) in [5.41, 5.74) is 8.13. The molecule has 0 spiro atoms. The van der Waals surface area contributed by atoms with E-state index < -0.39 is 10.0 Å². The lowest BCUT2D eigenvalue weighted by molar-refractivity contribution is 0.580. The molecule has 8 heteroatoms. The van der Waals surface area contributed by atoms with Gasteiger partial charge in [0.1, 0.15) is 4.90 Å². The highest BCUT2D eigenvalue weighted by Gasteiger charge is 2.22. The van der Waals surface area contributed by atoms with Crippen LogP contribution in [0.4, 0.5) is 0 Å². The van der Waals surface area contributed by atoms with E-state index in [0.717, 1.165) is 16.8 Å². The normalized spacial score (nSPS) is 12.0. The number of hydrogen-bond acceptors (Lipinski definition) is 5. The predicted octanol–water partition coefficient (Wildman–Crippen LogP) is 1.04. The smallest absolute Gasteiger partial charge is 0.242 e. The molecule has 0 radical (unpaired) electrons. The average molecular weight is 314 g/mol. The van der Waals surface area contributed by atoms with Gasteiger partial charge in [-0.15, -0.1) is 11.3 Å². The van der Waals surface area contributed by atoms with Gasteiger partial charge in [-0.3, -0.25) is 4.68 Å². The number of sulfonamides is 1. The summed E-state index contributed by atoms with van der Waals surface area (Å²) < 4.78 is 29.1. The summed E-state index contributed by atoms with van der Waals surface area (Å²) in [6.07, 6.45) is 1.67. The first-order valence-corrected chi connectivity index (χ1v) is 8.47. The van der Waals surface area contributed by atoms with Crippen molar-refractivity contribution in [3.63, 3.8) is 0 Å². The molecule has 0 fully saturated rings. The quantitative estimate of drug-likeness (QED) is 0.862. The Morgan fingerprint density at radius 3 is 2.70 bits per heavy atom. The summed E-state index contributed by atoms with van der Waals surface area (Å²) in [4.78, 5) is 0.990. The second-order valence-corrected chi connectivity index (χ2v) is 7.25. The molecule has 2 heterocycles. The van der Waals surface area contributed by atoms with E-state index in [1.807, 2.05) is 19.4 Å². The summed E-state index contributed by atoms with van der Waals surface area (Å²) in [5.74, 6) is 0. The van der Waals surface area contributed by atoms with Gasteiger partial charge >= 0.3 is 0 Å². The molecule has 3 N–H and O–H groups in total. The molecule has 6 nitrogen and oxygen atoms in total. The minimum absolute atomic E-state index is 0.223. The molecule has 0 aromatic carbocycles. The molecule has 2 aromatic heterocycles. The van der Waals surface area contributed by atoms with Crippen LogP contribution in [0.15, 0.2) is 16.5 Å². The summed E-state index contributed by atoms with van der Waals surface area (Å²) >= 11 is 1.37. The zero-order chi connectivity index (χ0) is 14.9. The maximum Gasteiger partial charge on any atom is 0.242 e. The van der Waals surface area contributed by atoms with Crippen molar-refractivity contribution in [2.75, 3.05) is 0 Å². The monoisotopic (exact) mass is 314 g/mol. The van der Waals surface area contributed by atoms with Crippen LogP contribution in [0.1, 0.15) is 21.7 Å². The van der Waals surface area contributed by atoms with Crippen molar-refractivity contribution >= 4 is 21.4 Å². The van der Waals surface area contributed by atoms with E-state index in [1.165, 1.54) is 11.3 Å². The Morgan fingerprint density at radius 2 is 2.15 bits per heavy atom. The molecule has 2 rings (SSSR count). The highest BCUT2D eigenvalue weighted by molar-refractivity contribution is 7.89. The number of hydrogen-bond donors (Lipinski definition) is 2. The van der Waals surface area contributed by atoms with Gasteiger partial charge in [-0.2, -0.15) is 5.10 Å². The van der Waals surface area contributed by atoms with Crippen LogP contribution in [0.25, 0.3) is 0 Å². The predicted molar refractivity (Wildman–Crippen MR) is 78.9 cm³/mol. The van der Waals surface area contributed by atoms with E-state index >= 15 is 0 Å². The molecule has 0 aliphatic heterocycles. The lowest BCUT2D eigenvalue weighted by Gasteiger charge is -2.08. The summed E-state index contributed by atoms with van der Waals surface area (Å²) in [5, 5.41) is 5.91. The second kappa shape index (κ2) is 5.65. The van der Waals surface area contributed by atoms with Gasteiger partial charge in [-0.25, -0.2) is 13.1 Å². The Morgan fingerprint density at radius 1 is 1.45 bits per heavy atom. The van der Waals surface area contributed by atoms with Crippen LogP contribution in [-0.2, 0) is 30.2 Å². The fourth-order valence-electron chi connectivity index (χ4n) is 1.95. The van der Waals surface area contributed by atoms with E-state index in [2.05, 4.69) is 9.82 Å². The summed E-state index contributed by atoms with van der Waals surface area (Å²) in [6.45, 7) is 4.12. The van der Waals surface area contributed by atoms with Crippen LogP contribution in [0.5, 0.6) is 0 Å². The first kappa shape index (κ1) is 15.2. The topological polar surface area (TPSA) is 90.0 Å². The Hall–Kier alpha value is -1.22. The number of nitrogens with two attached hydrogens (primary N) is 1. The van der Waals surface area contributed by atoms with E-state index in [9.17, 15) is 8.42 Å². The van der Waals surface area contributed by atoms with Gasteiger partial charge in [0.05, 0.1) is 6.20 Å². The van der Waals surface area contributed by atoms with Crippen molar-refractivity contribution in [2.24, 2.45) is 12.8 Å². The van der Waals surface area contributed by atoms with Crippen molar-refractivity contribution in [1.82, 2.24) is 14.5 Å². The van der Waals surface area contributed by atoms with Gasteiger partial charge in [-0.05, 0) is 24.8 Å².